The minimum atomic E-state index is -4.77. The number of alkyl halides is 3. The van der Waals surface area contributed by atoms with Gasteiger partial charge >= 0.3 is 12.1 Å². The molecule has 100 valence electrons. The van der Waals surface area contributed by atoms with Crippen LogP contribution in [0.2, 0.25) is 0 Å². The summed E-state index contributed by atoms with van der Waals surface area (Å²) in [5, 5.41) is 0. The third-order valence-corrected chi connectivity index (χ3v) is 2.91. The van der Waals surface area contributed by atoms with Gasteiger partial charge in [-0.2, -0.15) is 13.2 Å². The predicted molar refractivity (Wildman–Crippen MR) is 57.3 cm³/mol. The average Bonchev–Trinajstić information content (AvgIpc) is 2.63. The molecule has 7 heteroatoms. The van der Waals surface area contributed by atoms with Crippen LogP contribution < -0.4 is 5.73 Å². The Labute approximate surface area is 98.5 Å². The number of amides is 1. The van der Waals surface area contributed by atoms with Gasteiger partial charge in [-0.25, -0.2) is 0 Å². The molecule has 1 fully saturated rings. The fourth-order valence-electron chi connectivity index (χ4n) is 2.13. The molecule has 1 aliphatic rings. The fraction of sp³-hybridized carbons (Fsp3) is 0.900. The van der Waals surface area contributed by atoms with Crippen LogP contribution in [-0.4, -0.2) is 61.2 Å². The maximum Gasteiger partial charge on any atom is 0.471 e. The summed E-state index contributed by atoms with van der Waals surface area (Å²) in [6.07, 6.45) is -3.52. The van der Waals surface area contributed by atoms with Crippen molar-refractivity contribution in [2.75, 3.05) is 33.2 Å². The molecular weight excluding hydrogens is 235 g/mol. The maximum atomic E-state index is 12.3. The van der Waals surface area contributed by atoms with Gasteiger partial charge in [0.2, 0.25) is 0 Å². The molecule has 0 aromatic heterocycles. The van der Waals surface area contributed by atoms with E-state index >= 15 is 0 Å². The van der Waals surface area contributed by atoms with Gasteiger partial charge in [0.1, 0.15) is 0 Å². The highest BCUT2D eigenvalue weighted by Gasteiger charge is 2.45. The normalized spacial score (nSPS) is 21.3. The lowest BCUT2D eigenvalue weighted by Gasteiger charge is -2.29. The zero-order valence-electron chi connectivity index (χ0n) is 9.83. The van der Waals surface area contributed by atoms with Crippen molar-refractivity contribution in [1.82, 2.24) is 9.80 Å². The number of likely N-dealkylation sites (N-methyl/N-ethyl adjacent to an activating group) is 1. The zero-order chi connectivity index (χ0) is 13.1. The number of hydrogen-bond donors (Lipinski definition) is 1. The van der Waals surface area contributed by atoms with Gasteiger partial charge in [-0.15, -0.1) is 0 Å². The third kappa shape index (κ3) is 3.85. The van der Waals surface area contributed by atoms with Gasteiger partial charge < -0.3 is 15.5 Å². The fourth-order valence-corrected chi connectivity index (χ4v) is 2.13. The predicted octanol–water partition coefficient (Wildman–Crippen LogP) is 0.430. The van der Waals surface area contributed by atoms with Crippen molar-refractivity contribution in [3.8, 4) is 0 Å². The quantitative estimate of drug-likeness (QED) is 0.790. The first-order valence-electron chi connectivity index (χ1n) is 5.62. The number of rotatable bonds is 4. The van der Waals surface area contributed by atoms with Crippen LogP contribution in [-0.2, 0) is 4.79 Å². The van der Waals surface area contributed by atoms with E-state index in [0.29, 0.717) is 32.5 Å². The van der Waals surface area contributed by atoms with E-state index in [4.69, 9.17) is 5.73 Å². The Morgan fingerprint density at radius 3 is 2.71 bits per heavy atom. The van der Waals surface area contributed by atoms with Crippen LogP contribution in [0.3, 0.4) is 0 Å². The van der Waals surface area contributed by atoms with Crippen molar-refractivity contribution in [2.45, 2.75) is 25.1 Å². The van der Waals surface area contributed by atoms with Gasteiger partial charge in [-0.05, 0) is 19.9 Å². The van der Waals surface area contributed by atoms with Gasteiger partial charge in [0.05, 0.1) is 0 Å². The summed E-state index contributed by atoms with van der Waals surface area (Å²) in [5.74, 6) is -1.72. The SMILES string of the molecule is CN(CCN)CC1CCCN1C(=O)C(F)(F)F. The Bertz CT molecular complexity index is 270. The second-order valence-electron chi connectivity index (χ2n) is 4.34. The van der Waals surface area contributed by atoms with E-state index < -0.39 is 12.1 Å². The summed E-state index contributed by atoms with van der Waals surface area (Å²) in [7, 11) is 1.79. The van der Waals surface area contributed by atoms with Crippen molar-refractivity contribution in [3.05, 3.63) is 0 Å². The second kappa shape index (κ2) is 5.68. The van der Waals surface area contributed by atoms with Gasteiger partial charge in [0.25, 0.3) is 0 Å². The molecule has 0 aromatic carbocycles. The lowest BCUT2D eigenvalue weighted by Crippen LogP contribution is -2.48. The maximum absolute atomic E-state index is 12.3. The van der Waals surface area contributed by atoms with E-state index in [2.05, 4.69) is 0 Å². The number of nitrogens with zero attached hydrogens (tertiary/aromatic N) is 2. The molecule has 1 unspecified atom stereocenters. The van der Waals surface area contributed by atoms with E-state index in [1.165, 1.54) is 0 Å². The molecule has 0 aromatic rings. The number of carbonyl (C=O) groups is 1. The summed E-state index contributed by atoms with van der Waals surface area (Å²) < 4.78 is 37.0. The first-order valence-corrected chi connectivity index (χ1v) is 5.62. The second-order valence-corrected chi connectivity index (χ2v) is 4.34. The highest BCUT2D eigenvalue weighted by molar-refractivity contribution is 5.82. The van der Waals surface area contributed by atoms with Crippen molar-refractivity contribution >= 4 is 5.91 Å². The van der Waals surface area contributed by atoms with Crippen molar-refractivity contribution in [1.29, 1.82) is 0 Å². The van der Waals surface area contributed by atoms with E-state index in [1.807, 2.05) is 4.90 Å². The minimum Gasteiger partial charge on any atom is -0.331 e. The minimum absolute atomic E-state index is 0.194. The Balaban J connectivity index is 2.58. The van der Waals surface area contributed by atoms with E-state index in [0.717, 1.165) is 4.90 Å². The average molecular weight is 253 g/mol. The van der Waals surface area contributed by atoms with Gasteiger partial charge in [-0.1, -0.05) is 0 Å². The van der Waals surface area contributed by atoms with Crippen LogP contribution in [0.4, 0.5) is 13.2 Å². The number of hydrogen-bond acceptors (Lipinski definition) is 3. The van der Waals surface area contributed by atoms with Crippen LogP contribution >= 0.6 is 0 Å². The Kier molecular flexibility index (Phi) is 4.76. The van der Waals surface area contributed by atoms with Gasteiger partial charge in [0.15, 0.2) is 0 Å². The first-order chi connectivity index (χ1) is 7.86. The molecule has 0 saturated carbocycles. The molecule has 17 heavy (non-hydrogen) atoms. The Morgan fingerprint density at radius 2 is 2.18 bits per heavy atom. The molecule has 1 rings (SSSR count). The Hall–Kier alpha value is -0.820. The van der Waals surface area contributed by atoms with Crippen LogP contribution in [0, 0.1) is 0 Å². The van der Waals surface area contributed by atoms with Crippen molar-refractivity contribution < 1.29 is 18.0 Å². The molecular formula is C10H18F3N3O. The highest BCUT2D eigenvalue weighted by Crippen LogP contribution is 2.25. The molecule has 1 heterocycles. The first kappa shape index (κ1) is 14.2. The van der Waals surface area contributed by atoms with Gasteiger partial charge in [-0.3, -0.25) is 4.79 Å². The van der Waals surface area contributed by atoms with E-state index in [9.17, 15) is 18.0 Å². The molecule has 2 N–H and O–H groups in total. The number of likely N-dealkylation sites (tertiary alicyclic amines) is 1. The molecule has 1 aliphatic heterocycles. The summed E-state index contributed by atoms with van der Waals surface area (Å²) in [4.78, 5) is 14.0. The summed E-state index contributed by atoms with van der Waals surface area (Å²) in [6, 6.07) is -0.347. The van der Waals surface area contributed by atoms with Crippen LogP contribution in [0.1, 0.15) is 12.8 Å². The lowest BCUT2D eigenvalue weighted by atomic mass is 10.2. The number of nitrogens with two attached hydrogens (primary N) is 1. The highest BCUT2D eigenvalue weighted by atomic mass is 19.4. The Morgan fingerprint density at radius 1 is 1.53 bits per heavy atom. The molecule has 0 radical (unpaired) electrons. The van der Waals surface area contributed by atoms with Crippen LogP contribution in [0.5, 0.6) is 0 Å². The monoisotopic (exact) mass is 253 g/mol. The largest absolute Gasteiger partial charge is 0.471 e. The van der Waals surface area contributed by atoms with Crippen molar-refractivity contribution in [2.24, 2.45) is 5.73 Å². The van der Waals surface area contributed by atoms with Crippen LogP contribution in [0.15, 0.2) is 0 Å². The molecule has 1 saturated heterocycles. The number of carbonyl (C=O) groups excluding carboxylic acids is 1. The van der Waals surface area contributed by atoms with E-state index in [1.54, 1.807) is 7.05 Å². The molecule has 1 atom stereocenters. The van der Waals surface area contributed by atoms with Crippen molar-refractivity contribution in [3.63, 3.8) is 0 Å². The zero-order valence-corrected chi connectivity index (χ0v) is 9.83. The molecule has 0 spiro atoms. The smallest absolute Gasteiger partial charge is 0.331 e. The summed E-state index contributed by atoms with van der Waals surface area (Å²) >= 11 is 0. The van der Waals surface area contributed by atoms with E-state index in [-0.39, 0.29) is 12.6 Å². The number of halogens is 3. The van der Waals surface area contributed by atoms with Gasteiger partial charge in [0, 0.05) is 32.2 Å². The topological polar surface area (TPSA) is 49.6 Å². The standard InChI is InChI=1S/C10H18F3N3O/c1-15(6-4-14)7-8-3-2-5-16(8)9(17)10(11,12)13/h8H,2-7,14H2,1H3. The molecule has 0 bridgehead atoms. The molecule has 0 aliphatic carbocycles. The van der Waals surface area contributed by atoms with Crippen LogP contribution in [0.25, 0.3) is 0 Å². The molecule has 1 amide bonds. The summed E-state index contributed by atoms with van der Waals surface area (Å²) in [6.45, 7) is 1.71. The molecule has 4 nitrogen and oxygen atoms in total. The lowest BCUT2D eigenvalue weighted by molar-refractivity contribution is -0.186. The summed E-state index contributed by atoms with van der Waals surface area (Å²) in [5.41, 5.74) is 5.37. The third-order valence-electron chi connectivity index (χ3n) is 2.91.